The number of aliphatic hydroxyl groups is 1. The topological polar surface area (TPSA) is 66.8 Å². The van der Waals surface area contributed by atoms with Crippen LogP contribution < -0.4 is 4.74 Å². The summed E-state index contributed by atoms with van der Waals surface area (Å²) in [7, 11) is 0. The Morgan fingerprint density at radius 2 is 2.19 bits per heavy atom. The van der Waals surface area contributed by atoms with Gasteiger partial charge in [0, 0.05) is 0 Å². The molecule has 0 aliphatic heterocycles. The second-order valence-corrected chi connectivity index (χ2v) is 3.46. The van der Waals surface area contributed by atoms with Crippen molar-refractivity contribution in [2.45, 2.75) is 19.8 Å². The fraction of sp³-hybridized carbons (Fsp3) is 0.417. The lowest BCUT2D eigenvalue weighted by Crippen LogP contribution is -2.07. The molecule has 0 spiro atoms. The Bertz CT molecular complexity index is 360. The molecule has 0 heterocycles. The summed E-state index contributed by atoms with van der Waals surface area (Å²) < 4.78 is 5.15. The Labute approximate surface area is 94.5 Å². The number of carboxylic acids is 1. The van der Waals surface area contributed by atoms with Crippen LogP contribution in [0.5, 0.6) is 5.75 Å². The van der Waals surface area contributed by atoms with Gasteiger partial charge in [0.1, 0.15) is 17.9 Å². The van der Waals surface area contributed by atoms with Gasteiger partial charge in [-0.1, -0.05) is 19.4 Å². The monoisotopic (exact) mass is 224 g/mol. The molecular weight excluding hydrogens is 208 g/mol. The number of ether oxygens (including phenoxy) is 1. The van der Waals surface area contributed by atoms with Gasteiger partial charge in [-0.15, -0.1) is 0 Å². The van der Waals surface area contributed by atoms with E-state index < -0.39 is 5.97 Å². The van der Waals surface area contributed by atoms with Gasteiger partial charge in [-0.2, -0.15) is 0 Å². The maximum Gasteiger partial charge on any atom is 0.339 e. The minimum absolute atomic E-state index is 0.105. The summed E-state index contributed by atoms with van der Waals surface area (Å²) in [5, 5.41) is 17.6. The third-order valence-corrected chi connectivity index (χ3v) is 2.16. The molecular formula is C12H16O4. The Morgan fingerprint density at radius 3 is 2.75 bits per heavy atom. The molecule has 0 saturated heterocycles. The molecule has 1 aromatic rings. The minimum atomic E-state index is -1.01. The predicted molar refractivity (Wildman–Crippen MR) is 60.0 cm³/mol. The van der Waals surface area contributed by atoms with Gasteiger partial charge in [-0.25, -0.2) is 4.79 Å². The Kier molecular flexibility index (Phi) is 4.79. The van der Waals surface area contributed by atoms with E-state index >= 15 is 0 Å². The van der Waals surface area contributed by atoms with E-state index in [1.54, 1.807) is 12.1 Å². The summed E-state index contributed by atoms with van der Waals surface area (Å²) in [6.07, 6.45) is 1.82. The quantitative estimate of drug-likeness (QED) is 0.772. The van der Waals surface area contributed by atoms with Crippen molar-refractivity contribution < 1.29 is 19.7 Å². The summed E-state index contributed by atoms with van der Waals surface area (Å²) >= 11 is 0. The molecule has 88 valence electrons. The molecule has 1 aromatic carbocycles. The molecule has 0 amide bonds. The average Bonchev–Trinajstić information content (AvgIpc) is 2.27. The standard InChI is InChI=1S/C12H16O4/c1-2-3-9-4-5-11(16-7-6-13)10(8-9)12(14)15/h4-5,8,13H,2-3,6-7H2,1H3,(H,14,15). The first-order valence-electron chi connectivity index (χ1n) is 5.29. The van der Waals surface area contributed by atoms with Crippen molar-refractivity contribution in [3.8, 4) is 5.75 Å². The molecule has 0 radical (unpaired) electrons. The molecule has 0 atom stereocenters. The zero-order chi connectivity index (χ0) is 12.0. The van der Waals surface area contributed by atoms with Gasteiger partial charge >= 0.3 is 5.97 Å². The molecule has 2 N–H and O–H groups in total. The fourth-order valence-electron chi connectivity index (χ4n) is 1.47. The molecule has 4 nitrogen and oxygen atoms in total. The maximum absolute atomic E-state index is 11.0. The van der Waals surface area contributed by atoms with Crippen LogP contribution in [0.3, 0.4) is 0 Å². The van der Waals surface area contributed by atoms with Crippen LogP contribution in [0.15, 0.2) is 18.2 Å². The molecule has 0 bridgehead atoms. The molecule has 0 aliphatic carbocycles. The van der Waals surface area contributed by atoms with Gasteiger partial charge < -0.3 is 14.9 Å². The number of carboxylic acid groups (broad SMARTS) is 1. The van der Waals surface area contributed by atoms with Crippen LogP contribution in [-0.2, 0) is 6.42 Å². The van der Waals surface area contributed by atoms with Crippen molar-refractivity contribution in [1.29, 1.82) is 0 Å². The summed E-state index contributed by atoms with van der Waals surface area (Å²) in [5.41, 5.74) is 1.13. The normalized spacial score (nSPS) is 10.1. The highest BCUT2D eigenvalue weighted by Crippen LogP contribution is 2.21. The second-order valence-electron chi connectivity index (χ2n) is 3.46. The largest absolute Gasteiger partial charge is 0.490 e. The van der Waals surface area contributed by atoms with E-state index in [1.165, 1.54) is 0 Å². The number of benzene rings is 1. The SMILES string of the molecule is CCCc1ccc(OCCO)c(C(=O)O)c1. The third kappa shape index (κ3) is 3.24. The highest BCUT2D eigenvalue weighted by Gasteiger charge is 2.11. The lowest BCUT2D eigenvalue weighted by atomic mass is 10.1. The summed E-state index contributed by atoms with van der Waals surface area (Å²) in [6, 6.07) is 5.12. The average molecular weight is 224 g/mol. The smallest absolute Gasteiger partial charge is 0.339 e. The van der Waals surface area contributed by atoms with E-state index in [1.807, 2.05) is 13.0 Å². The van der Waals surface area contributed by atoms with Crippen LogP contribution in [-0.4, -0.2) is 29.4 Å². The van der Waals surface area contributed by atoms with Crippen molar-refractivity contribution in [2.24, 2.45) is 0 Å². The summed E-state index contributed by atoms with van der Waals surface area (Å²) in [6.45, 7) is 2.01. The number of aryl methyl sites for hydroxylation is 1. The van der Waals surface area contributed by atoms with Gasteiger partial charge in [0.05, 0.1) is 6.61 Å². The van der Waals surface area contributed by atoms with E-state index in [-0.39, 0.29) is 18.8 Å². The van der Waals surface area contributed by atoms with E-state index in [9.17, 15) is 4.79 Å². The summed E-state index contributed by atoms with van der Waals surface area (Å²) in [5.74, 6) is -0.702. The molecule has 16 heavy (non-hydrogen) atoms. The highest BCUT2D eigenvalue weighted by atomic mass is 16.5. The van der Waals surface area contributed by atoms with Crippen LogP contribution in [0.4, 0.5) is 0 Å². The molecule has 0 fully saturated rings. The van der Waals surface area contributed by atoms with Crippen molar-refractivity contribution in [3.63, 3.8) is 0 Å². The first-order chi connectivity index (χ1) is 7.69. The number of aromatic carboxylic acids is 1. The third-order valence-electron chi connectivity index (χ3n) is 2.16. The maximum atomic E-state index is 11.0. The van der Waals surface area contributed by atoms with Crippen molar-refractivity contribution in [1.82, 2.24) is 0 Å². The van der Waals surface area contributed by atoms with Crippen LogP contribution in [0.25, 0.3) is 0 Å². The van der Waals surface area contributed by atoms with Gasteiger partial charge in [0.2, 0.25) is 0 Å². The van der Waals surface area contributed by atoms with E-state index in [0.717, 1.165) is 18.4 Å². The van der Waals surface area contributed by atoms with Crippen molar-refractivity contribution >= 4 is 5.97 Å². The zero-order valence-corrected chi connectivity index (χ0v) is 9.27. The first-order valence-corrected chi connectivity index (χ1v) is 5.29. The molecule has 4 heteroatoms. The van der Waals surface area contributed by atoms with Crippen LogP contribution in [0, 0.1) is 0 Å². The van der Waals surface area contributed by atoms with Crippen LogP contribution in [0.1, 0.15) is 29.3 Å². The molecule has 0 aliphatic rings. The second kappa shape index (κ2) is 6.12. The van der Waals surface area contributed by atoms with Gasteiger partial charge in [-0.05, 0) is 24.1 Å². The van der Waals surface area contributed by atoms with E-state index in [4.69, 9.17) is 14.9 Å². The number of aliphatic hydroxyl groups excluding tert-OH is 1. The van der Waals surface area contributed by atoms with Gasteiger partial charge in [-0.3, -0.25) is 0 Å². The summed E-state index contributed by atoms with van der Waals surface area (Å²) in [4.78, 5) is 11.0. The highest BCUT2D eigenvalue weighted by molar-refractivity contribution is 5.91. The number of carbonyl (C=O) groups is 1. The zero-order valence-electron chi connectivity index (χ0n) is 9.27. The Balaban J connectivity index is 2.94. The van der Waals surface area contributed by atoms with Crippen LogP contribution in [0.2, 0.25) is 0 Å². The molecule has 0 saturated carbocycles. The lowest BCUT2D eigenvalue weighted by Gasteiger charge is -2.09. The Morgan fingerprint density at radius 1 is 1.44 bits per heavy atom. The molecule has 0 aromatic heterocycles. The number of rotatable bonds is 6. The number of hydrogen-bond acceptors (Lipinski definition) is 3. The fourth-order valence-corrected chi connectivity index (χ4v) is 1.47. The minimum Gasteiger partial charge on any atom is -0.490 e. The van der Waals surface area contributed by atoms with Gasteiger partial charge in [0.15, 0.2) is 0 Å². The lowest BCUT2D eigenvalue weighted by molar-refractivity contribution is 0.0690. The van der Waals surface area contributed by atoms with Crippen LogP contribution >= 0.6 is 0 Å². The Hall–Kier alpha value is -1.55. The van der Waals surface area contributed by atoms with E-state index in [0.29, 0.717) is 5.75 Å². The van der Waals surface area contributed by atoms with Gasteiger partial charge in [0.25, 0.3) is 0 Å². The first kappa shape index (κ1) is 12.5. The van der Waals surface area contributed by atoms with Crippen molar-refractivity contribution in [3.05, 3.63) is 29.3 Å². The molecule has 1 rings (SSSR count). The van der Waals surface area contributed by atoms with Crippen molar-refractivity contribution in [2.75, 3.05) is 13.2 Å². The van der Waals surface area contributed by atoms with E-state index in [2.05, 4.69) is 0 Å². The molecule has 0 unspecified atom stereocenters. The predicted octanol–water partition coefficient (Wildman–Crippen LogP) is 1.71. The number of hydrogen-bond donors (Lipinski definition) is 2.